The van der Waals surface area contributed by atoms with Crippen LogP contribution in [0.25, 0.3) is 6.08 Å². The molecule has 0 radical (unpaired) electrons. The number of hydrogen-bond donors (Lipinski definition) is 2. The predicted molar refractivity (Wildman–Crippen MR) is 150 cm³/mol. The van der Waals surface area contributed by atoms with Gasteiger partial charge in [-0.2, -0.15) is 0 Å². The van der Waals surface area contributed by atoms with Gasteiger partial charge in [0.1, 0.15) is 0 Å². The molecule has 2 N–H and O–H groups in total. The van der Waals surface area contributed by atoms with Crippen molar-refractivity contribution < 1.29 is 9.59 Å². The zero-order valence-corrected chi connectivity index (χ0v) is 21.7. The largest absolute Gasteiger partial charge is 0.352 e. The number of fused-ring (bicyclic) bond motifs is 1. The van der Waals surface area contributed by atoms with Crippen molar-refractivity contribution in [3.8, 4) is 0 Å². The molecule has 2 heterocycles. The first-order valence-electron chi connectivity index (χ1n) is 12.8. The van der Waals surface area contributed by atoms with Crippen molar-refractivity contribution in [3.63, 3.8) is 0 Å². The normalized spacial score (nSPS) is 17.3. The summed E-state index contributed by atoms with van der Waals surface area (Å²) in [7, 11) is 0. The molecule has 0 atom stereocenters. The lowest BCUT2D eigenvalue weighted by atomic mass is 10.1. The summed E-state index contributed by atoms with van der Waals surface area (Å²) in [6.45, 7) is 6.88. The van der Waals surface area contributed by atoms with Crippen LogP contribution in [0.4, 0.5) is 5.69 Å². The molecule has 2 aliphatic heterocycles. The first kappa shape index (κ1) is 25.3. The van der Waals surface area contributed by atoms with Gasteiger partial charge < -0.3 is 15.5 Å². The minimum atomic E-state index is -0.150. The number of benzene rings is 3. The van der Waals surface area contributed by atoms with E-state index in [0.29, 0.717) is 22.7 Å². The van der Waals surface area contributed by atoms with Crippen LogP contribution in [0.1, 0.15) is 27.9 Å². The monoisotopic (exact) mass is 512 g/mol. The highest BCUT2D eigenvalue weighted by molar-refractivity contribution is 8.04. The van der Waals surface area contributed by atoms with Gasteiger partial charge >= 0.3 is 0 Å². The predicted octanol–water partition coefficient (Wildman–Crippen LogP) is 4.71. The zero-order chi connectivity index (χ0) is 25.5. The van der Waals surface area contributed by atoms with Crippen LogP contribution in [0, 0.1) is 0 Å². The Morgan fingerprint density at radius 2 is 1.62 bits per heavy atom. The second kappa shape index (κ2) is 12.2. The smallest absolute Gasteiger partial charge is 0.262 e. The lowest BCUT2D eigenvalue weighted by molar-refractivity contribution is -0.112. The number of carbonyl (C=O) groups excluding carboxylic acids is 2. The highest BCUT2D eigenvalue weighted by Crippen LogP contribution is 2.39. The number of piperazine rings is 1. The Morgan fingerprint density at radius 3 is 2.38 bits per heavy atom. The first-order valence-corrected chi connectivity index (χ1v) is 13.6. The van der Waals surface area contributed by atoms with Gasteiger partial charge in [0.25, 0.3) is 11.8 Å². The van der Waals surface area contributed by atoms with Crippen LogP contribution in [0.15, 0.2) is 88.7 Å². The summed E-state index contributed by atoms with van der Waals surface area (Å²) in [5.41, 5.74) is 3.59. The molecule has 2 aliphatic rings. The summed E-state index contributed by atoms with van der Waals surface area (Å²) in [6, 6.07) is 25.9. The Hall–Kier alpha value is -3.39. The van der Waals surface area contributed by atoms with Gasteiger partial charge in [0, 0.05) is 49.7 Å². The molecular weight excluding hydrogens is 480 g/mol. The third kappa shape index (κ3) is 6.89. The van der Waals surface area contributed by atoms with E-state index in [4.69, 9.17) is 0 Å². The van der Waals surface area contributed by atoms with Crippen molar-refractivity contribution in [2.24, 2.45) is 0 Å². The quantitative estimate of drug-likeness (QED) is 0.338. The molecule has 7 heteroatoms. The fourth-order valence-corrected chi connectivity index (χ4v) is 5.55. The third-order valence-electron chi connectivity index (χ3n) is 6.68. The van der Waals surface area contributed by atoms with Crippen LogP contribution in [-0.2, 0) is 11.3 Å². The number of hydrogen-bond acceptors (Lipinski definition) is 5. The molecule has 0 aliphatic carbocycles. The molecule has 0 aromatic heterocycles. The summed E-state index contributed by atoms with van der Waals surface area (Å²) < 4.78 is 0. The third-order valence-corrected chi connectivity index (χ3v) is 7.78. The molecule has 3 aromatic rings. The molecule has 0 bridgehead atoms. The van der Waals surface area contributed by atoms with Crippen molar-refractivity contribution in [1.82, 2.24) is 15.1 Å². The van der Waals surface area contributed by atoms with Crippen molar-refractivity contribution in [2.45, 2.75) is 17.9 Å². The molecule has 190 valence electrons. The van der Waals surface area contributed by atoms with E-state index < -0.39 is 0 Å². The second-order valence-corrected chi connectivity index (χ2v) is 10.5. The van der Waals surface area contributed by atoms with Crippen molar-refractivity contribution >= 4 is 35.3 Å². The van der Waals surface area contributed by atoms with Gasteiger partial charge in [0.2, 0.25) is 0 Å². The number of anilines is 1. The minimum absolute atomic E-state index is 0.111. The topological polar surface area (TPSA) is 64.7 Å². The van der Waals surface area contributed by atoms with Crippen LogP contribution >= 0.6 is 11.8 Å². The van der Waals surface area contributed by atoms with Gasteiger partial charge in [-0.05, 0) is 48.4 Å². The molecule has 1 fully saturated rings. The number of rotatable bonds is 8. The van der Waals surface area contributed by atoms with E-state index >= 15 is 0 Å². The van der Waals surface area contributed by atoms with Crippen molar-refractivity contribution in [1.29, 1.82) is 0 Å². The number of carbonyl (C=O) groups is 2. The number of thioether (sulfide) groups is 1. The van der Waals surface area contributed by atoms with E-state index in [1.807, 2.05) is 48.5 Å². The number of amides is 2. The van der Waals surface area contributed by atoms with Gasteiger partial charge in [-0.25, -0.2) is 0 Å². The lowest BCUT2D eigenvalue weighted by Gasteiger charge is -2.34. The average molecular weight is 513 g/mol. The van der Waals surface area contributed by atoms with Crippen LogP contribution in [0.3, 0.4) is 0 Å². The zero-order valence-electron chi connectivity index (χ0n) is 20.9. The summed E-state index contributed by atoms with van der Waals surface area (Å²) in [5, 5.41) is 5.97. The highest BCUT2D eigenvalue weighted by atomic mass is 32.2. The van der Waals surface area contributed by atoms with Gasteiger partial charge in [-0.1, -0.05) is 72.4 Å². The molecule has 5 rings (SSSR count). The Kier molecular flexibility index (Phi) is 8.35. The fourth-order valence-electron chi connectivity index (χ4n) is 4.62. The molecule has 37 heavy (non-hydrogen) atoms. The van der Waals surface area contributed by atoms with E-state index in [2.05, 4.69) is 50.8 Å². The summed E-state index contributed by atoms with van der Waals surface area (Å²) in [4.78, 5) is 31.9. The molecule has 0 unspecified atom stereocenters. The lowest BCUT2D eigenvalue weighted by Crippen LogP contribution is -2.46. The molecule has 0 saturated carbocycles. The molecule has 2 amide bonds. The van der Waals surface area contributed by atoms with Crippen LogP contribution in [0.2, 0.25) is 0 Å². The van der Waals surface area contributed by atoms with Gasteiger partial charge in [0.05, 0.1) is 10.6 Å². The van der Waals surface area contributed by atoms with Crippen LogP contribution < -0.4 is 10.6 Å². The molecule has 6 nitrogen and oxygen atoms in total. The van der Waals surface area contributed by atoms with Crippen LogP contribution in [-0.4, -0.2) is 60.9 Å². The number of nitrogens with zero attached hydrogens (tertiary/aromatic N) is 2. The van der Waals surface area contributed by atoms with Gasteiger partial charge in [0.15, 0.2) is 0 Å². The van der Waals surface area contributed by atoms with Crippen molar-refractivity contribution in [3.05, 3.63) is 100 Å². The van der Waals surface area contributed by atoms with Crippen molar-refractivity contribution in [2.75, 3.05) is 44.6 Å². The van der Waals surface area contributed by atoms with Gasteiger partial charge in [-0.3, -0.25) is 14.5 Å². The van der Waals surface area contributed by atoms with E-state index in [1.54, 1.807) is 6.07 Å². The molecule has 0 spiro atoms. The van der Waals surface area contributed by atoms with Gasteiger partial charge in [-0.15, -0.1) is 0 Å². The molecule has 3 aromatic carbocycles. The Labute approximate surface area is 222 Å². The highest BCUT2D eigenvalue weighted by Gasteiger charge is 2.22. The molecular formula is C30H32N4O2S. The SMILES string of the molecule is O=C1Nc2cc(C(=O)NCCCN3CCN(Cc4ccccc4)CC3)ccc2S/C1=C\c1ccccc1. The number of nitrogens with one attached hydrogen (secondary N) is 2. The first-order chi connectivity index (χ1) is 18.1. The maximum atomic E-state index is 12.7. The van der Waals surface area contributed by atoms with Crippen LogP contribution in [0.5, 0.6) is 0 Å². The van der Waals surface area contributed by atoms with E-state index in [-0.39, 0.29) is 11.8 Å². The summed E-state index contributed by atoms with van der Waals surface area (Å²) >= 11 is 1.43. The maximum Gasteiger partial charge on any atom is 0.262 e. The standard InChI is InChI=1S/C30H32N4O2S/c35-29(31-14-7-15-33-16-18-34(19-17-33)22-24-10-5-2-6-11-24)25-12-13-27-26(21-25)32-30(36)28(37-27)20-23-8-3-1-4-9-23/h1-6,8-13,20-21H,7,14-19,22H2,(H,31,35)(H,32,36)/b28-20-. The van der Waals surface area contributed by atoms with E-state index in [1.165, 1.54) is 17.3 Å². The average Bonchev–Trinajstić information content (AvgIpc) is 2.93. The molecule has 1 saturated heterocycles. The summed E-state index contributed by atoms with van der Waals surface area (Å²) in [5.74, 6) is -0.261. The minimum Gasteiger partial charge on any atom is -0.352 e. The Morgan fingerprint density at radius 1 is 0.919 bits per heavy atom. The Balaban J connectivity index is 1.06. The second-order valence-electron chi connectivity index (χ2n) is 9.40. The van der Waals surface area contributed by atoms with E-state index in [0.717, 1.165) is 56.1 Å². The van der Waals surface area contributed by atoms with E-state index in [9.17, 15) is 9.59 Å². The Bertz CT molecular complexity index is 1260. The maximum absolute atomic E-state index is 12.7. The fraction of sp³-hybridized carbons (Fsp3) is 0.267. The summed E-state index contributed by atoms with van der Waals surface area (Å²) in [6.07, 6.45) is 2.79.